The molecule has 0 bridgehead atoms. The fourth-order valence-electron chi connectivity index (χ4n) is 2.70. The third-order valence-corrected chi connectivity index (χ3v) is 3.43. The van der Waals surface area contributed by atoms with Gasteiger partial charge in [0, 0.05) is 0 Å². The summed E-state index contributed by atoms with van der Waals surface area (Å²) in [6.07, 6.45) is 10.4. The molecule has 2 unspecified atom stereocenters. The normalized spacial score (nSPS) is 33.8. The fourth-order valence-corrected chi connectivity index (χ4v) is 2.70. The van der Waals surface area contributed by atoms with Crippen LogP contribution in [-0.2, 0) is 0 Å². The molecule has 0 aromatic rings. The molecule has 0 heterocycles. The van der Waals surface area contributed by atoms with Crippen molar-refractivity contribution in [1.82, 2.24) is 0 Å². The molecule has 0 nitrogen and oxygen atoms in total. The maximum absolute atomic E-state index is 2.30. The van der Waals surface area contributed by atoms with E-state index in [4.69, 9.17) is 0 Å². The van der Waals surface area contributed by atoms with E-state index in [1.54, 1.807) is 0 Å². The topological polar surface area (TPSA) is 0 Å². The van der Waals surface area contributed by atoms with E-state index in [1.807, 2.05) is 5.92 Å². The molecule has 0 aliphatic heterocycles. The van der Waals surface area contributed by atoms with Crippen LogP contribution < -0.4 is 18.9 Å². The molecule has 0 N–H and O–H groups in total. The van der Waals surface area contributed by atoms with Gasteiger partial charge in [-0.25, -0.2) is 0 Å². The van der Waals surface area contributed by atoms with Gasteiger partial charge in [-0.05, 0) is 0 Å². The minimum absolute atomic E-state index is 0. The molecule has 0 aromatic carbocycles. The molecule has 0 aromatic heterocycles. The summed E-state index contributed by atoms with van der Waals surface area (Å²) in [7, 11) is 0. The molecule has 64 valence electrons. The summed E-state index contributed by atoms with van der Waals surface area (Å²) < 4.78 is 0. The Bertz CT molecular complexity index is 121. The van der Waals surface area contributed by atoms with Crippen molar-refractivity contribution in [2.45, 2.75) is 51.9 Å². The Morgan fingerprint density at radius 2 is 1.75 bits per heavy atom. The van der Waals surface area contributed by atoms with Crippen LogP contribution in [0.15, 0.2) is 0 Å². The molecule has 0 amide bonds. The molecule has 1 heteroatoms. The Morgan fingerprint density at radius 1 is 1.17 bits per heavy atom. The van der Waals surface area contributed by atoms with Crippen molar-refractivity contribution in [1.29, 1.82) is 0 Å². The van der Waals surface area contributed by atoms with Crippen LogP contribution >= 0.6 is 0 Å². The fraction of sp³-hybridized carbons (Fsp3) is 0.909. The van der Waals surface area contributed by atoms with Crippen molar-refractivity contribution in [2.24, 2.45) is 11.8 Å². The first-order valence-electron chi connectivity index (χ1n) is 5.29. The SMILES string of the molecule is CCCC[C-]1C2CCCCC12.[Li+]. The summed E-state index contributed by atoms with van der Waals surface area (Å²) in [6.45, 7) is 2.30. The van der Waals surface area contributed by atoms with E-state index >= 15 is 0 Å². The average Bonchev–Trinajstić information content (AvgIpc) is 2.75. The molecular formula is C11H19Li. The Hall–Kier alpha value is 0.597. The molecule has 0 saturated heterocycles. The van der Waals surface area contributed by atoms with Crippen molar-refractivity contribution in [3.8, 4) is 0 Å². The van der Waals surface area contributed by atoms with Gasteiger partial charge in [-0.1, -0.05) is 45.4 Å². The molecule has 0 radical (unpaired) electrons. The maximum Gasteiger partial charge on any atom is 1.00 e. The van der Waals surface area contributed by atoms with Crippen LogP contribution in [0, 0.1) is 17.8 Å². The molecular weight excluding hydrogens is 139 g/mol. The summed E-state index contributed by atoms with van der Waals surface area (Å²) in [5.74, 6) is 4.16. The summed E-state index contributed by atoms with van der Waals surface area (Å²) in [6, 6.07) is 0. The number of fused-ring (bicyclic) bond motifs is 1. The molecule has 2 rings (SSSR count). The minimum Gasteiger partial charge on any atom is -0.312 e. The van der Waals surface area contributed by atoms with Gasteiger partial charge in [0.15, 0.2) is 0 Å². The summed E-state index contributed by atoms with van der Waals surface area (Å²) in [4.78, 5) is 0. The number of rotatable bonds is 3. The van der Waals surface area contributed by atoms with Crippen LogP contribution in [0.5, 0.6) is 0 Å². The second-order valence-electron chi connectivity index (χ2n) is 4.18. The molecule has 2 fully saturated rings. The van der Waals surface area contributed by atoms with Crippen molar-refractivity contribution in [3.05, 3.63) is 5.92 Å². The maximum atomic E-state index is 2.30. The van der Waals surface area contributed by atoms with E-state index < -0.39 is 0 Å². The smallest absolute Gasteiger partial charge is 0.312 e. The summed E-state index contributed by atoms with van der Waals surface area (Å²) >= 11 is 0. The first-order valence-corrected chi connectivity index (χ1v) is 5.29. The van der Waals surface area contributed by atoms with Crippen LogP contribution in [0.1, 0.15) is 51.9 Å². The first kappa shape index (κ1) is 10.7. The minimum atomic E-state index is 0. The van der Waals surface area contributed by atoms with Gasteiger partial charge < -0.3 is 5.92 Å². The van der Waals surface area contributed by atoms with Gasteiger partial charge in [0.2, 0.25) is 0 Å². The molecule has 12 heavy (non-hydrogen) atoms. The summed E-state index contributed by atoms with van der Waals surface area (Å²) in [5, 5.41) is 0. The Labute approximate surface area is 88.7 Å². The van der Waals surface area contributed by atoms with Crippen LogP contribution in [0.4, 0.5) is 0 Å². The Kier molecular flexibility index (Phi) is 4.21. The number of unbranched alkanes of at least 4 members (excludes halogenated alkanes) is 1. The first-order chi connectivity index (χ1) is 5.43. The quantitative estimate of drug-likeness (QED) is 0.416. The van der Waals surface area contributed by atoms with Crippen LogP contribution in [0.3, 0.4) is 0 Å². The molecule has 2 saturated carbocycles. The van der Waals surface area contributed by atoms with E-state index in [0.717, 1.165) is 11.8 Å². The van der Waals surface area contributed by atoms with Crippen molar-refractivity contribution in [2.75, 3.05) is 0 Å². The van der Waals surface area contributed by atoms with E-state index in [2.05, 4.69) is 6.92 Å². The van der Waals surface area contributed by atoms with Gasteiger partial charge in [0.1, 0.15) is 0 Å². The molecule has 2 atom stereocenters. The van der Waals surface area contributed by atoms with Gasteiger partial charge in [-0.15, -0.1) is 0 Å². The zero-order chi connectivity index (χ0) is 7.68. The van der Waals surface area contributed by atoms with E-state index in [1.165, 1.54) is 44.9 Å². The van der Waals surface area contributed by atoms with E-state index in [-0.39, 0.29) is 18.9 Å². The largest absolute Gasteiger partial charge is 1.00 e. The molecule has 0 spiro atoms. The van der Waals surface area contributed by atoms with E-state index in [9.17, 15) is 0 Å². The molecule has 2 aliphatic carbocycles. The third-order valence-electron chi connectivity index (χ3n) is 3.43. The van der Waals surface area contributed by atoms with Gasteiger partial charge in [-0.2, -0.15) is 18.3 Å². The standard InChI is InChI=1S/C11H19.Li/c1-2-3-6-9-10-7-4-5-8-11(9)10;/h10-11H,2-8H2,1H3;/q-1;+1. The average molecular weight is 158 g/mol. The summed E-state index contributed by atoms with van der Waals surface area (Å²) in [5.41, 5.74) is 0. The van der Waals surface area contributed by atoms with Crippen LogP contribution in [-0.4, -0.2) is 0 Å². The van der Waals surface area contributed by atoms with E-state index in [0.29, 0.717) is 0 Å². The Balaban J connectivity index is 0.000000720. The second kappa shape index (κ2) is 4.73. The van der Waals surface area contributed by atoms with Gasteiger partial charge in [0.05, 0.1) is 0 Å². The van der Waals surface area contributed by atoms with Crippen LogP contribution in [0.2, 0.25) is 0 Å². The monoisotopic (exact) mass is 158 g/mol. The van der Waals surface area contributed by atoms with Crippen molar-refractivity contribution >= 4 is 0 Å². The number of hydrogen-bond donors (Lipinski definition) is 0. The van der Waals surface area contributed by atoms with Gasteiger partial charge in [0.25, 0.3) is 0 Å². The second-order valence-corrected chi connectivity index (χ2v) is 4.18. The third kappa shape index (κ3) is 2.09. The van der Waals surface area contributed by atoms with Crippen LogP contribution in [0.25, 0.3) is 0 Å². The predicted molar refractivity (Wildman–Crippen MR) is 48.2 cm³/mol. The van der Waals surface area contributed by atoms with Gasteiger partial charge >= 0.3 is 18.9 Å². The van der Waals surface area contributed by atoms with Gasteiger partial charge in [-0.3, -0.25) is 0 Å². The number of hydrogen-bond acceptors (Lipinski definition) is 0. The predicted octanol–water partition coefficient (Wildman–Crippen LogP) is 0.575. The zero-order valence-electron chi connectivity index (χ0n) is 8.60. The molecule has 2 aliphatic rings. The zero-order valence-corrected chi connectivity index (χ0v) is 8.60. The Morgan fingerprint density at radius 3 is 2.25 bits per heavy atom. The van der Waals surface area contributed by atoms with Crippen molar-refractivity contribution < 1.29 is 18.9 Å². The van der Waals surface area contributed by atoms with Crippen molar-refractivity contribution in [3.63, 3.8) is 0 Å².